The first-order valence-corrected chi connectivity index (χ1v) is 5.29. The molecular formula is C11H20N2O. The van der Waals surface area contributed by atoms with Crippen LogP contribution in [0.25, 0.3) is 0 Å². The topological polar surface area (TPSA) is 46.3 Å². The van der Waals surface area contributed by atoms with Gasteiger partial charge in [0.25, 0.3) is 0 Å². The van der Waals surface area contributed by atoms with Crippen LogP contribution in [0, 0.1) is 5.92 Å². The quantitative estimate of drug-likeness (QED) is 0.688. The van der Waals surface area contributed by atoms with E-state index in [0.29, 0.717) is 12.3 Å². The second-order valence-electron chi connectivity index (χ2n) is 4.07. The normalized spacial score (nSPS) is 20.6. The zero-order chi connectivity index (χ0) is 10.6. The fourth-order valence-corrected chi connectivity index (χ4v) is 1.93. The van der Waals surface area contributed by atoms with Crippen LogP contribution in [0.2, 0.25) is 0 Å². The average Bonchev–Trinajstić information content (AvgIpc) is 2.18. The van der Waals surface area contributed by atoms with Crippen molar-refractivity contribution in [3.05, 3.63) is 12.7 Å². The number of hydrogen-bond donors (Lipinski definition) is 1. The van der Waals surface area contributed by atoms with E-state index >= 15 is 0 Å². The highest BCUT2D eigenvalue weighted by Gasteiger charge is 2.23. The summed E-state index contributed by atoms with van der Waals surface area (Å²) in [6, 6.07) is 0.256. The lowest BCUT2D eigenvalue weighted by atomic mass is 9.91. The third-order valence-electron chi connectivity index (χ3n) is 2.95. The summed E-state index contributed by atoms with van der Waals surface area (Å²) in [5.41, 5.74) is 5.83. The largest absolute Gasteiger partial charge is 0.342 e. The molecule has 0 bridgehead atoms. The van der Waals surface area contributed by atoms with E-state index < -0.39 is 0 Å². The fraction of sp³-hybridized carbons (Fsp3) is 0.727. The van der Waals surface area contributed by atoms with Crippen molar-refractivity contribution >= 4 is 5.91 Å². The molecule has 3 nitrogen and oxygen atoms in total. The number of likely N-dealkylation sites (tertiary alicyclic amines) is 1. The van der Waals surface area contributed by atoms with Gasteiger partial charge in [-0.3, -0.25) is 4.79 Å². The van der Waals surface area contributed by atoms with Crippen LogP contribution < -0.4 is 5.73 Å². The number of rotatable bonds is 3. The van der Waals surface area contributed by atoms with E-state index in [9.17, 15) is 4.79 Å². The van der Waals surface area contributed by atoms with Gasteiger partial charge in [0.2, 0.25) is 5.91 Å². The molecule has 14 heavy (non-hydrogen) atoms. The van der Waals surface area contributed by atoms with Crippen LogP contribution in [0.4, 0.5) is 0 Å². The molecule has 1 aliphatic heterocycles. The molecule has 0 spiro atoms. The van der Waals surface area contributed by atoms with Crippen molar-refractivity contribution in [3.8, 4) is 0 Å². The summed E-state index contributed by atoms with van der Waals surface area (Å²) in [6.07, 6.45) is 4.21. The molecule has 2 N–H and O–H groups in total. The van der Waals surface area contributed by atoms with Gasteiger partial charge in [-0.2, -0.15) is 0 Å². The van der Waals surface area contributed by atoms with E-state index in [4.69, 9.17) is 5.73 Å². The Hall–Kier alpha value is -0.830. The number of nitrogens with two attached hydrogens (primary N) is 1. The summed E-state index contributed by atoms with van der Waals surface area (Å²) in [6.45, 7) is 7.34. The van der Waals surface area contributed by atoms with Crippen molar-refractivity contribution in [1.82, 2.24) is 4.90 Å². The minimum Gasteiger partial charge on any atom is -0.342 e. The first-order valence-electron chi connectivity index (χ1n) is 5.29. The zero-order valence-corrected chi connectivity index (χ0v) is 8.91. The van der Waals surface area contributed by atoms with Gasteiger partial charge in [0.15, 0.2) is 0 Å². The summed E-state index contributed by atoms with van der Waals surface area (Å²) in [7, 11) is 0. The zero-order valence-electron chi connectivity index (χ0n) is 8.91. The summed E-state index contributed by atoms with van der Waals surface area (Å²) in [4.78, 5) is 13.4. The van der Waals surface area contributed by atoms with E-state index in [2.05, 4.69) is 6.58 Å². The maximum Gasteiger partial charge on any atom is 0.226 e. The summed E-state index contributed by atoms with van der Waals surface area (Å²) < 4.78 is 0. The Balaban J connectivity index is 2.35. The molecule has 3 heteroatoms. The number of hydrogen-bond acceptors (Lipinski definition) is 2. The van der Waals surface area contributed by atoms with Crippen molar-refractivity contribution in [2.24, 2.45) is 11.7 Å². The Morgan fingerprint density at radius 3 is 2.64 bits per heavy atom. The predicted molar refractivity (Wildman–Crippen MR) is 57.8 cm³/mol. The standard InChI is InChI=1S/C11H20N2O/c1-3-4-11(14)13-7-5-10(6-8-13)9(2)12/h3,9-10H,1,4-8,12H2,2H3. The predicted octanol–water partition coefficient (Wildman–Crippen LogP) is 1.15. The average molecular weight is 196 g/mol. The van der Waals surface area contributed by atoms with Gasteiger partial charge >= 0.3 is 0 Å². The van der Waals surface area contributed by atoms with Gasteiger partial charge < -0.3 is 10.6 Å². The Labute approximate surface area is 86.0 Å². The Kier molecular flexibility index (Phi) is 4.14. The third-order valence-corrected chi connectivity index (χ3v) is 2.95. The highest BCUT2D eigenvalue weighted by atomic mass is 16.2. The van der Waals surface area contributed by atoms with E-state index in [1.165, 1.54) is 0 Å². The first kappa shape index (κ1) is 11.2. The number of piperidine rings is 1. The van der Waals surface area contributed by atoms with Crippen molar-refractivity contribution < 1.29 is 4.79 Å². The van der Waals surface area contributed by atoms with Crippen LogP contribution >= 0.6 is 0 Å². The lowest BCUT2D eigenvalue weighted by Gasteiger charge is -2.33. The molecular weight excluding hydrogens is 176 g/mol. The SMILES string of the molecule is C=CCC(=O)N1CCC(C(C)N)CC1. The van der Waals surface area contributed by atoms with Gasteiger partial charge in [-0.15, -0.1) is 6.58 Å². The van der Waals surface area contributed by atoms with Crippen LogP contribution in [0.5, 0.6) is 0 Å². The molecule has 0 saturated carbocycles. The number of amides is 1. The second kappa shape index (κ2) is 5.15. The molecule has 1 fully saturated rings. The second-order valence-corrected chi connectivity index (χ2v) is 4.07. The van der Waals surface area contributed by atoms with Crippen molar-refractivity contribution in [3.63, 3.8) is 0 Å². The number of nitrogens with zero attached hydrogens (tertiary/aromatic N) is 1. The van der Waals surface area contributed by atoms with Gasteiger partial charge in [0.05, 0.1) is 0 Å². The molecule has 0 aliphatic carbocycles. The number of carbonyl (C=O) groups excluding carboxylic acids is 1. The molecule has 1 unspecified atom stereocenters. The van der Waals surface area contributed by atoms with Crippen LogP contribution in [-0.4, -0.2) is 29.9 Å². The highest BCUT2D eigenvalue weighted by Crippen LogP contribution is 2.19. The molecule has 0 aromatic rings. The molecule has 1 amide bonds. The Morgan fingerprint density at radius 2 is 2.21 bits per heavy atom. The first-order chi connectivity index (χ1) is 6.65. The molecule has 0 aromatic heterocycles. The van der Waals surface area contributed by atoms with Crippen LogP contribution in [0.15, 0.2) is 12.7 Å². The van der Waals surface area contributed by atoms with E-state index in [-0.39, 0.29) is 11.9 Å². The van der Waals surface area contributed by atoms with Crippen LogP contribution in [0.1, 0.15) is 26.2 Å². The lowest BCUT2D eigenvalue weighted by Crippen LogP contribution is -2.42. The van der Waals surface area contributed by atoms with E-state index in [1.807, 2.05) is 11.8 Å². The molecule has 0 radical (unpaired) electrons. The molecule has 80 valence electrons. The van der Waals surface area contributed by atoms with Crippen LogP contribution in [0.3, 0.4) is 0 Å². The molecule has 1 heterocycles. The summed E-state index contributed by atoms with van der Waals surface area (Å²) in [5.74, 6) is 0.783. The third kappa shape index (κ3) is 2.84. The van der Waals surface area contributed by atoms with E-state index in [1.54, 1.807) is 6.08 Å². The maximum absolute atomic E-state index is 11.5. The summed E-state index contributed by atoms with van der Waals surface area (Å²) >= 11 is 0. The summed E-state index contributed by atoms with van der Waals surface area (Å²) in [5, 5.41) is 0. The minimum atomic E-state index is 0.197. The highest BCUT2D eigenvalue weighted by molar-refractivity contribution is 5.77. The fourth-order valence-electron chi connectivity index (χ4n) is 1.93. The van der Waals surface area contributed by atoms with Crippen LogP contribution in [-0.2, 0) is 4.79 Å². The smallest absolute Gasteiger partial charge is 0.226 e. The van der Waals surface area contributed by atoms with Gasteiger partial charge in [0, 0.05) is 25.6 Å². The Bertz CT molecular complexity index is 205. The molecule has 1 saturated heterocycles. The van der Waals surface area contributed by atoms with Crippen molar-refractivity contribution in [1.29, 1.82) is 0 Å². The van der Waals surface area contributed by atoms with Gasteiger partial charge in [-0.25, -0.2) is 0 Å². The van der Waals surface area contributed by atoms with Gasteiger partial charge in [-0.05, 0) is 25.7 Å². The van der Waals surface area contributed by atoms with E-state index in [0.717, 1.165) is 25.9 Å². The lowest BCUT2D eigenvalue weighted by molar-refractivity contribution is -0.131. The maximum atomic E-state index is 11.5. The van der Waals surface area contributed by atoms with Gasteiger partial charge in [-0.1, -0.05) is 6.08 Å². The molecule has 1 atom stereocenters. The van der Waals surface area contributed by atoms with Crippen molar-refractivity contribution in [2.45, 2.75) is 32.2 Å². The minimum absolute atomic E-state index is 0.197. The monoisotopic (exact) mass is 196 g/mol. The molecule has 1 aliphatic rings. The van der Waals surface area contributed by atoms with Crippen molar-refractivity contribution in [2.75, 3.05) is 13.1 Å². The Morgan fingerprint density at radius 1 is 1.64 bits per heavy atom. The van der Waals surface area contributed by atoms with Gasteiger partial charge in [0.1, 0.15) is 0 Å². The number of carbonyl (C=O) groups is 1. The molecule has 0 aromatic carbocycles. The molecule has 1 rings (SSSR count).